The van der Waals surface area contributed by atoms with Crippen LogP contribution in [0.3, 0.4) is 0 Å². The van der Waals surface area contributed by atoms with Crippen LogP contribution in [0.4, 0.5) is 0 Å². The fourth-order valence-corrected chi connectivity index (χ4v) is 2.68. The van der Waals surface area contributed by atoms with Crippen molar-refractivity contribution in [1.29, 1.82) is 0 Å². The lowest BCUT2D eigenvalue weighted by molar-refractivity contribution is 0.665. The molecule has 0 spiro atoms. The molecule has 82 valence electrons. The average molecular weight is 256 g/mol. The van der Waals surface area contributed by atoms with E-state index in [0.717, 1.165) is 14.6 Å². The fourth-order valence-electron chi connectivity index (χ4n) is 1.57. The largest absolute Gasteiger partial charge is 0.0883 e. The van der Waals surface area contributed by atoms with Crippen molar-refractivity contribution in [2.75, 3.05) is 0 Å². The molecule has 1 atom stereocenters. The van der Waals surface area contributed by atoms with E-state index in [1.165, 1.54) is 0 Å². The van der Waals surface area contributed by atoms with E-state index in [4.69, 9.17) is 36.7 Å². The van der Waals surface area contributed by atoms with Crippen LogP contribution in [-0.2, 0) is 0 Å². The molecule has 0 heterocycles. The second kappa shape index (κ2) is 4.48. The van der Waals surface area contributed by atoms with Gasteiger partial charge in [0.05, 0.1) is 5.92 Å². The van der Waals surface area contributed by atoms with Crippen LogP contribution >= 0.6 is 36.7 Å². The van der Waals surface area contributed by atoms with Crippen LogP contribution in [0, 0.1) is 17.3 Å². The fraction of sp³-hybridized carbons (Fsp3) is 0.583. The van der Waals surface area contributed by atoms with E-state index in [1.807, 2.05) is 6.08 Å². The van der Waals surface area contributed by atoms with Crippen molar-refractivity contribution in [2.45, 2.75) is 27.7 Å². The molecule has 3 heteroatoms. The molecule has 0 aromatic carbocycles. The minimum absolute atomic E-state index is 0.0324. The lowest BCUT2D eigenvalue weighted by Gasteiger charge is -2.34. The van der Waals surface area contributed by atoms with E-state index in [0.29, 0.717) is 5.92 Å². The molecule has 0 nitrogen and oxygen atoms in total. The Balaban J connectivity index is 3.10. The van der Waals surface area contributed by atoms with Crippen LogP contribution in [0.2, 0.25) is 0 Å². The van der Waals surface area contributed by atoms with Gasteiger partial charge in [-0.1, -0.05) is 76.5 Å². The Morgan fingerprint density at radius 1 is 1.33 bits per heavy atom. The maximum absolute atomic E-state index is 5.51. The molecule has 0 saturated carbocycles. The topological polar surface area (TPSA) is 0 Å². The maximum Gasteiger partial charge on any atom is 0.0580 e. The predicted molar refractivity (Wildman–Crippen MR) is 79.0 cm³/mol. The highest BCUT2D eigenvalue weighted by Gasteiger charge is 2.35. The molecule has 1 rings (SSSR count). The first-order chi connectivity index (χ1) is 6.77. The Kier molecular flexibility index (Phi) is 3.90. The number of hydrogen-bond acceptors (Lipinski definition) is 3. The molecular formula is C12H16S3. The van der Waals surface area contributed by atoms with Crippen LogP contribution in [0.15, 0.2) is 12.2 Å². The van der Waals surface area contributed by atoms with E-state index in [1.54, 1.807) is 0 Å². The Morgan fingerprint density at radius 3 is 2.33 bits per heavy atom. The molecule has 1 aliphatic carbocycles. The van der Waals surface area contributed by atoms with E-state index in [9.17, 15) is 0 Å². The molecule has 0 N–H and O–H groups in total. The van der Waals surface area contributed by atoms with Gasteiger partial charge in [-0.2, -0.15) is 0 Å². The molecule has 0 fully saturated rings. The Hall–Kier alpha value is 0.01000. The van der Waals surface area contributed by atoms with Gasteiger partial charge in [-0.05, 0) is 5.92 Å². The van der Waals surface area contributed by atoms with Crippen molar-refractivity contribution in [3.8, 4) is 0 Å². The molecule has 0 bridgehead atoms. The lowest BCUT2D eigenvalue weighted by Crippen LogP contribution is -2.40. The van der Waals surface area contributed by atoms with Gasteiger partial charge in [-0.25, -0.2) is 0 Å². The normalized spacial score (nSPS) is 24.7. The summed E-state index contributed by atoms with van der Waals surface area (Å²) in [5.74, 6) is 0.383. The minimum atomic E-state index is -0.0682. The number of hydrogen-bond donors (Lipinski definition) is 0. The van der Waals surface area contributed by atoms with Crippen molar-refractivity contribution < 1.29 is 0 Å². The van der Waals surface area contributed by atoms with Gasteiger partial charge in [0.15, 0.2) is 0 Å². The van der Waals surface area contributed by atoms with E-state index in [-0.39, 0.29) is 11.3 Å². The summed E-state index contributed by atoms with van der Waals surface area (Å²) in [7, 11) is 0. The van der Waals surface area contributed by atoms with Gasteiger partial charge in [0.1, 0.15) is 0 Å². The van der Waals surface area contributed by atoms with E-state index < -0.39 is 0 Å². The molecule has 1 unspecified atom stereocenters. The van der Waals surface area contributed by atoms with Gasteiger partial charge in [-0.3, -0.25) is 0 Å². The Morgan fingerprint density at radius 2 is 1.87 bits per heavy atom. The van der Waals surface area contributed by atoms with E-state index >= 15 is 0 Å². The molecule has 0 aromatic rings. The third-order valence-electron chi connectivity index (χ3n) is 2.70. The summed E-state index contributed by atoms with van der Waals surface area (Å²) in [6, 6.07) is 0. The quantitative estimate of drug-likeness (QED) is 0.686. The van der Waals surface area contributed by atoms with Gasteiger partial charge < -0.3 is 0 Å². The smallest absolute Gasteiger partial charge is 0.0580 e. The maximum atomic E-state index is 5.51. The molecular weight excluding hydrogens is 240 g/mol. The molecule has 0 saturated heterocycles. The Bertz CT molecular complexity index is 348. The zero-order valence-corrected chi connectivity index (χ0v) is 12.0. The van der Waals surface area contributed by atoms with Crippen molar-refractivity contribution >= 4 is 51.2 Å². The van der Waals surface area contributed by atoms with Gasteiger partial charge in [0.2, 0.25) is 0 Å². The van der Waals surface area contributed by atoms with Gasteiger partial charge in [0.25, 0.3) is 0 Å². The summed E-state index contributed by atoms with van der Waals surface area (Å²) in [5, 5.41) is 0. The Labute approximate surface area is 108 Å². The van der Waals surface area contributed by atoms with Crippen LogP contribution in [0.1, 0.15) is 27.7 Å². The SMILES string of the molecule is CC(C)C(=S)C1C(=S)C=CC(C)(C)C1=S. The first kappa shape index (κ1) is 13.1. The number of thiocarbonyl (C=S) groups is 3. The van der Waals surface area contributed by atoms with Crippen molar-refractivity contribution in [2.24, 2.45) is 17.3 Å². The monoisotopic (exact) mass is 256 g/mol. The van der Waals surface area contributed by atoms with Gasteiger partial charge in [0, 0.05) is 20.0 Å². The first-order valence-corrected chi connectivity index (χ1v) is 6.31. The highest BCUT2D eigenvalue weighted by molar-refractivity contribution is 7.84. The van der Waals surface area contributed by atoms with Crippen molar-refractivity contribution in [3.05, 3.63) is 12.2 Å². The summed E-state index contributed by atoms with van der Waals surface area (Å²) < 4.78 is 0. The first-order valence-electron chi connectivity index (χ1n) is 5.08. The molecule has 1 aliphatic rings. The summed E-state index contributed by atoms with van der Waals surface area (Å²) >= 11 is 16.3. The molecule has 0 radical (unpaired) electrons. The highest BCUT2D eigenvalue weighted by atomic mass is 32.1. The number of rotatable bonds is 2. The summed E-state index contributed by atoms with van der Waals surface area (Å²) in [4.78, 5) is 2.81. The van der Waals surface area contributed by atoms with Crippen molar-refractivity contribution in [3.63, 3.8) is 0 Å². The van der Waals surface area contributed by atoms with Crippen LogP contribution in [-0.4, -0.2) is 14.6 Å². The standard InChI is InChI=1S/C12H16S3/c1-7(2)10(14)9-8(13)5-6-12(3,4)11(9)15/h5-7,9H,1-4H3. The van der Waals surface area contributed by atoms with Crippen LogP contribution < -0.4 is 0 Å². The zero-order valence-electron chi connectivity index (χ0n) is 9.53. The number of allylic oxidation sites excluding steroid dienone is 2. The third-order valence-corrected chi connectivity index (χ3v) is 4.54. The van der Waals surface area contributed by atoms with Gasteiger partial charge in [-0.15, -0.1) is 0 Å². The molecule has 0 aliphatic heterocycles. The van der Waals surface area contributed by atoms with Crippen LogP contribution in [0.5, 0.6) is 0 Å². The van der Waals surface area contributed by atoms with Crippen molar-refractivity contribution in [1.82, 2.24) is 0 Å². The summed E-state index contributed by atoms with van der Waals surface area (Å²) in [5.41, 5.74) is -0.0682. The average Bonchev–Trinajstić information content (AvgIpc) is 2.12. The van der Waals surface area contributed by atoms with E-state index in [2.05, 4.69) is 33.8 Å². The predicted octanol–water partition coefficient (Wildman–Crippen LogP) is 3.96. The molecule has 15 heavy (non-hydrogen) atoms. The van der Waals surface area contributed by atoms with Crippen LogP contribution in [0.25, 0.3) is 0 Å². The van der Waals surface area contributed by atoms with Gasteiger partial charge >= 0.3 is 0 Å². The lowest BCUT2D eigenvalue weighted by atomic mass is 9.74. The summed E-state index contributed by atoms with van der Waals surface area (Å²) in [6.45, 7) is 8.42. The zero-order chi connectivity index (χ0) is 11.8. The third kappa shape index (κ3) is 2.58. The summed E-state index contributed by atoms with van der Waals surface area (Å²) in [6.07, 6.45) is 4.07. The highest BCUT2D eigenvalue weighted by Crippen LogP contribution is 2.32. The minimum Gasteiger partial charge on any atom is -0.0883 e. The second-order valence-corrected chi connectivity index (χ2v) is 6.19. The molecule has 0 amide bonds. The second-order valence-electron chi connectivity index (χ2n) is 4.81. The molecule has 0 aromatic heterocycles.